The van der Waals surface area contributed by atoms with E-state index in [4.69, 9.17) is 14.3 Å². The molecule has 0 aliphatic carbocycles. The summed E-state index contributed by atoms with van der Waals surface area (Å²) in [5, 5.41) is 0. The Morgan fingerprint density at radius 3 is 2.22 bits per heavy atom. The lowest BCUT2D eigenvalue weighted by atomic mass is 9.79. The van der Waals surface area contributed by atoms with Crippen molar-refractivity contribution in [1.29, 1.82) is 0 Å². The molecule has 2 heterocycles. The highest BCUT2D eigenvalue weighted by Gasteiger charge is 2.51. The van der Waals surface area contributed by atoms with Crippen LogP contribution in [0, 0.1) is 0 Å². The highest BCUT2D eigenvalue weighted by Crippen LogP contribution is 2.39. The lowest BCUT2D eigenvalue weighted by molar-refractivity contribution is 0.00578. The van der Waals surface area contributed by atoms with Gasteiger partial charge >= 0.3 is 7.12 Å². The minimum Gasteiger partial charge on any atom is -0.400 e. The second kappa shape index (κ2) is 5.91. The van der Waals surface area contributed by atoms with E-state index in [9.17, 15) is 0 Å². The average molecular weight is 317 g/mol. The van der Waals surface area contributed by atoms with Crippen molar-refractivity contribution in [2.45, 2.75) is 65.6 Å². The molecule has 23 heavy (non-hydrogen) atoms. The number of allylic oxidation sites excluding steroid dienone is 1. The monoisotopic (exact) mass is 317 g/mol. The van der Waals surface area contributed by atoms with Gasteiger partial charge in [0.05, 0.1) is 11.2 Å². The van der Waals surface area contributed by atoms with Crippen LogP contribution in [0.2, 0.25) is 0 Å². The largest absolute Gasteiger partial charge is 0.490 e. The predicted molar refractivity (Wildman–Crippen MR) is 96.2 cm³/mol. The summed E-state index contributed by atoms with van der Waals surface area (Å²) in [5.74, 6) is 2.07. The van der Waals surface area contributed by atoms with Crippen molar-refractivity contribution in [1.82, 2.24) is 9.55 Å². The molecule has 126 valence electrons. The molecule has 1 saturated heterocycles. The third-order valence-corrected chi connectivity index (χ3v) is 4.78. The molecule has 0 radical (unpaired) electrons. The summed E-state index contributed by atoms with van der Waals surface area (Å²) in [4.78, 5) is 8.84. The Balaban J connectivity index is 2.36. The van der Waals surface area contributed by atoms with Crippen LogP contribution in [0.1, 0.15) is 65.9 Å². The Labute approximate surface area is 139 Å². The zero-order chi connectivity index (χ0) is 17.6. The van der Waals surface area contributed by atoms with E-state index in [1.165, 1.54) is 0 Å². The molecule has 0 unspecified atom stereocenters. The highest BCUT2D eigenvalue weighted by molar-refractivity contribution is 6.55. The van der Waals surface area contributed by atoms with E-state index >= 15 is 0 Å². The summed E-state index contributed by atoms with van der Waals surface area (Å²) >= 11 is 0. The first-order valence-corrected chi connectivity index (χ1v) is 8.07. The van der Waals surface area contributed by atoms with Gasteiger partial charge in [0.25, 0.3) is 0 Å². The number of rotatable bonds is 4. The maximum atomic E-state index is 6.08. The molecule has 0 aromatic carbocycles. The van der Waals surface area contributed by atoms with Gasteiger partial charge in [0.2, 0.25) is 0 Å². The number of imidazole rings is 1. The second-order valence-corrected chi connectivity index (χ2v) is 7.53. The fourth-order valence-electron chi connectivity index (χ4n) is 2.64. The first-order valence-electron chi connectivity index (χ1n) is 8.07. The van der Waals surface area contributed by atoms with Crippen LogP contribution in [0.15, 0.2) is 10.5 Å². The van der Waals surface area contributed by atoms with Crippen LogP contribution >= 0.6 is 0 Å². The quantitative estimate of drug-likeness (QED) is 0.625. The normalized spacial score (nSPS) is 20.4. The molecule has 1 aromatic heterocycles. The highest BCUT2D eigenvalue weighted by atomic mass is 16.7. The number of nitrogens with zero attached hydrogens (tertiary/aromatic N) is 3. The molecule has 1 aliphatic rings. The van der Waals surface area contributed by atoms with Gasteiger partial charge < -0.3 is 13.9 Å². The summed E-state index contributed by atoms with van der Waals surface area (Å²) in [7, 11) is 1.59. The molecule has 2 rings (SSSR count). The van der Waals surface area contributed by atoms with Gasteiger partial charge in [0, 0.05) is 13.0 Å². The van der Waals surface area contributed by atoms with E-state index in [-0.39, 0.29) is 18.3 Å². The number of aliphatic imine (C=N–C) groups is 1. The molecule has 1 aromatic rings. The Morgan fingerprint density at radius 1 is 1.26 bits per heavy atom. The van der Waals surface area contributed by atoms with Crippen LogP contribution in [0.3, 0.4) is 0 Å². The Hall–Kier alpha value is -1.40. The SMILES string of the molecule is C=Nc1c(/C=C(\C)B2OC(C)(C)C(C)(C)O2)nc(C(C)C)n1C. The van der Waals surface area contributed by atoms with Gasteiger partial charge in [-0.05, 0) is 52.9 Å². The number of hydrogen-bond acceptors (Lipinski definition) is 4. The molecule has 0 spiro atoms. The first kappa shape index (κ1) is 18.0. The van der Waals surface area contributed by atoms with Crippen LogP contribution in [0.25, 0.3) is 6.08 Å². The van der Waals surface area contributed by atoms with Gasteiger partial charge in [-0.2, -0.15) is 0 Å². The van der Waals surface area contributed by atoms with E-state index < -0.39 is 0 Å². The standard InChI is InChI=1S/C17H28BN3O2/c1-11(2)14-20-13(15(19-8)21(14)9)10-12(3)18-22-16(4,5)17(6,7)23-18/h10-11H,8H2,1-7,9H3/b12-10+. The van der Waals surface area contributed by atoms with E-state index in [0.29, 0.717) is 5.92 Å². The first-order chi connectivity index (χ1) is 10.5. The molecule has 0 atom stereocenters. The minimum absolute atomic E-state index is 0.319. The molecular formula is C17H28BN3O2. The summed E-state index contributed by atoms with van der Waals surface area (Å²) in [6, 6.07) is 0. The van der Waals surface area contributed by atoms with Crippen molar-refractivity contribution in [2.24, 2.45) is 12.0 Å². The van der Waals surface area contributed by atoms with Crippen LogP contribution in [0.4, 0.5) is 5.82 Å². The van der Waals surface area contributed by atoms with Crippen LogP contribution in [0.5, 0.6) is 0 Å². The number of hydrogen-bond donors (Lipinski definition) is 0. The van der Waals surface area contributed by atoms with Crippen molar-refractivity contribution in [3.05, 3.63) is 17.0 Å². The predicted octanol–water partition coefficient (Wildman–Crippen LogP) is 3.91. The topological polar surface area (TPSA) is 48.6 Å². The molecule has 0 N–H and O–H groups in total. The van der Waals surface area contributed by atoms with Gasteiger partial charge in [-0.1, -0.05) is 13.8 Å². The van der Waals surface area contributed by atoms with E-state index in [1.54, 1.807) is 0 Å². The maximum Gasteiger partial charge on any atom is 0.490 e. The van der Waals surface area contributed by atoms with E-state index in [0.717, 1.165) is 22.8 Å². The lowest BCUT2D eigenvalue weighted by Crippen LogP contribution is -2.41. The zero-order valence-corrected chi connectivity index (χ0v) is 15.6. The van der Waals surface area contributed by atoms with E-state index in [2.05, 4.69) is 53.3 Å². The Morgan fingerprint density at radius 2 is 1.78 bits per heavy atom. The smallest absolute Gasteiger partial charge is 0.400 e. The number of aromatic nitrogens is 2. The average Bonchev–Trinajstić information content (AvgIpc) is 2.84. The lowest BCUT2D eigenvalue weighted by Gasteiger charge is -2.32. The molecule has 1 fully saturated rings. The minimum atomic E-state index is -0.373. The zero-order valence-electron chi connectivity index (χ0n) is 15.6. The van der Waals surface area contributed by atoms with Crippen LogP contribution in [-0.4, -0.2) is 34.6 Å². The van der Waals surface area contributed by atoms with Crippen molar-refractivity contribution in [3.8, 4) is 0 Å². The van der Waals surface area contributed by atoms with Crippen LogP contribution in [-0.2, 0) is 16.4 Å². The van der Waals surface area contributed by atoms with Gasteiger partial charge in [-0.3, -0.25) is 0 Å². The molecule has 0 saturated carbocycles. The van der Waals surface area contributed by atoms with Crippen molar-refractivity contribution < 1.29 is 9.31 Å². The molecule has 0 bridgehead atoms. The third kappa shape index (κ3) is 3.15. The molecular weight excluding hydrogens is 289 g/mol. The molecule has 1 aliphatic heterocycles. The Bertz CT molecular complexity index is 629. The summed E-state index contributed by atoms with van der Waals surface area (Å²) < 4.78 is 14.2. The molecule has 5 nitrogen and oxygen atoms in total. The fourth-order valence-corrected chi connectivity index (χ4v) is 2.64. The summed E-state index contributed by atoms with van der Waals surface area (Å²) in [6.07, 6.45) is 1.98. The van der Waals surface area contributed by atoms with Crippen molar-refractivity contribution in [2.75, 3.05) is 0 Å². The van der Waals surface area contributed by atoms with E-state index in [1.807, 2.05) is 24.6 Å². The van der Waals surface area contributed by atoms with Gasteiger partial charge in [-0.25, -0.2) is 9.98 Å². The Kier molecular flexibility index (Phi) is 4.61. The van der Waals surface area contributed by atoms with Gasteiger partial charge in [0.15, 0.2) is 5.82 Å². The van der Waals surface area contributed by atoms with Crippen molar-refractivity contribution >= 4 is 25.7 Å². The van der Waals surface area contributed by atoms with Gasteiger partial charge in [0.1, 0.15) is 11.5 Å². The fraction of sp³-hybridized carbons (Fsp3) is 0.647. The maximum absolute atomic E-state index is 6.08. The van der Waals surface area contributed by atoms with Crippen LogP contribution < -0.4 is 0 Å². The molecule has 6 heteroatoms. The van der Waals surface area contributed by atoms with Gasteiger partial charge in [-0.15, -0.1) is 0 Å². The summed E-state index contributed by atoms with van der Waals surface area (Å²) in [6.45, 7) is 18.1. The second-order valence-electron chi connectivity index (χ2n) is 7.53. The van der Waals surface area contributed by atoms with Crippen molar-refractivity contribution in [3.63, 3.8) is 0 Å². The third-order valence-electron chi connectivity index (χ3n) is 4.78. The molecule has 0 amide bonds. The summed E-state index contributed by atoms with van der Waals surface area (Å²) in [5.41, 5.74) is 1.08.